The van der Waals surface area contributed by atoms with E-state index in [0.717, 1.165) is 27.6 Å². The molecule has 1 aromatic heterocycles. The highest BCUT2D eigenvalue weighted by Gasteiger charge is 2.21. The third-order valence-corrected chi connectivity index (χ3v) is 4.22. The number of carboxylic acid groups (broad SMARTS) is 1. The van der Waals surface area contributed by atoms with Gasteiger partial charge in [0.25, 0.3) is 0 Å². The number of hydrogen-bond acceptors (Lipinski definition) is 1. The molecule has 0 saturated heterocycles. The lowest BCUT2D eigenvalue weighted by atomic mass is 9.91. The second kappa shape index (κ2) is 5.85. The number of hydrogen-bond donors (Lipinski definition) is 2. The number of aromatic nitrogens is 1. The Morgan fingerprint density at radius 1 is 1.23 bits per heavy atom. The van der Waals surface area contributed by atoms with Crippen LogP contribution in [0.3, 0.4) is 0 Å². The number of H-pyrrole nitrogens is 1. The summed E-state index contributed by atoms with van der Waals surface area (Å²) in [5, 5.41) is 11.4. The molecule has 112 valence electrons. The lowest BCUT2D eigenvalue weighted by molar-refractivity contribution is -0.138. The van der Waals surface area contributed by atoms with Gasteiger partial charge in [-0.3, -0.25) is 4.79 Å². The van der Waals surface area contributed by atoms with Crippen LogP contribution in [0.25, 0.3) is 10.9 Å². The summed E-state index contributed by atoms with van der Waals surface area (Å²) in [7, 11) is 0. The number of aliphatic carboxylic acids is 1. The minimum Gasteiger partial charge on any atom is -0.481 e. The van der Waals surface area contributed by atoms with Crippen LogP contribution in [0.5, 0.6) is 0 Å². The van der Waals surface area contributed by atoms with E-state index in [1.54, 1.807) is 12.1 Å². The van der Waals surface area contributed by atoms with Crippen LogP contribution in [0.2, 0.25) is 5.02 Å². The summed E-state index contributed by atoms with van der Waals surface area (Å²) in [6, 6.07) is 13.1. The van der Waals surface area contributed by atoms with Crippen molar-refractivity contribution >= 4 is 28.5 Å². The Labute approximate surface area is 133 Å². The van der Waals surface area contributed by atoms with Gasteiger partial charge in [0.15, 0.2) is 0 Å². The zero-order chi connectivity index (χ0) is 15.7. The monoisotopic (exact) mass is 313 g/mol. The SMILES string of the molecule is Cc1c[nH]c2cc(C(Cc3ccc(Cl)cc3)C(=O)O)ccc12. The van der Waals surface area contributed by atoms with Gasteiger partial charge >= 0.3 is 5.97 Å². The van der Waals surface area contributed by atoms with E-state index < -0.39 is 11.9 Å². The van der Waals surface area contributed by atoms with Crippen LogP contribution in [-0.4, -0.2) is 16.1 Å². The predicted molar refractivity (Wildman–Crippen MR) is 88.6 cm³/mol. The number of carbonyl (C=O) groups is 1. The smallest absolute Gasteiger partial charge is 0.311 e. The average molecular weight is 314 g/mol. The van der Waals surface area contributed by atoms with Crippen molar-refractivity contribution in [2.24, 2.45) is 0 Å². The molecule has 0 aliphatic heterocycles. The number of halogens is 1. The number of rotatable bonds is 4. The highest BCUT2D eigenvalue weighted by molar-refractivity contribution is 6.30. The van der Waals surface area contributed by atoms with Gasteiger partial charge in [0.05, 0.1) is 5.92 Å². The first-order chi connectivity index (χ1) is 10.5. The molecule has 0 bridgehead atoms. The van der Waals surface area contributed by atoms with E-state index in [9.17, 15) is 9.90 Å². The van der Waals surface area contributed by atoms with E-state index in [2.05, 4.69) is 4.98 Å². The number of aromatic amines is 1. The summed E-state index contributed by atoms with van der Waals surface area (Å²) in [6.45, 7) is 2.03. The summed E-state index contributed by atoms with van der Waals surface area (Å²) in [5.74, 6) is -1.40. The number of nitrogens with one attached hydrogen (secondary N) is 1. The van der Waals surface area contributed by atoms with Crippen LogP contribution in [0.15, 0.2) is 48.7 Å². The number of benzene rings is 2. The van der Waals surface area contributed by atoms with Gasteiger partial charge in [-0.15, -0.1) is 0 Å². The zero-order valence-electron chi connectivity index (χ0n) is 12.1. The van der Waals surface area contributed by atoms with Gasteiger partial charge < -0.3 is 10.1 Å². The first-order valence-corrected chi connectivity index (χ1v) is 7.47. The molecule has 0 saturated carbocycles. The van der Waals surface area contributed by atoms with Crippen LogP contribution in [0.1, 0.15) is 22.6 Å². The molecule has 2 aromatic carbocycles. The van der Waals surface area contributed by atoms with Crippen LogP contribution in [0.4, 0.5) is 0 Å². The van der Waals surface area contributed by atoms with Gasteiger partial charge in [-0.1, -0.05) is 35.9 Å². The first kappa shape index (κ1) is 14.7. The fraction of sp³-hybridized carbons (Fsp3) is 0.167. The van der Waals surface area contributed by atoms with Crippen LogP contribution >= 0.6 is 11.6 Å². The number of carboxylic acids is 1. The van der Waals surface area contributed by atoms with Gasteiger partial charge in [0.1, 0.15) is 0 Å². The molecule has 1 atom stereocenters. The van der Waals surface area contributed by atoms with Crippen LogP contribution in [0, 0.1) is 6.92 Å². The van der Waals surface area contributed by atoms with Crippen LogP contribution < -0.4 is 0 Å². The zero-order valence-corrected chi connectivity index (χ0v) is 12.9. The maximum Gasteiger partial charge on any atom is 0.311 e. The molecule has 3 rings (SSSR count). The van der Waals surface area contributed by atoms with Crippen molar-refractivity contribution in [2.75, 3.05) is 0 Å². The van der Waals surface area contributed by atoms with Crippen molar-refractivity contribution in [2.45, 2.75) is 19.3 Å². The third kappa shape index (κ3) is 2.85. The van der Waals surface area contributed by atoms with E-state index in [1.165, 1.54) is 0 Å². The Kier molecular flexibility index (Phi) is 3.90. The average Bonchev–Trinajstić information content (AvgIpc) is 2.87. The summed E-state index contributed by atoms with van der Waals surface area (Å²) < 4.78 is 0. The molecule has 1 heterocycles. The Hall–Kier alpha value is -2.26. The number of fused-ring (bicyclic) bond motifs is 1. The Balaban J connectivity index is 1.95. The van der Waals surface area contributed by atoms with Crippen molar-refractivity contribution in [1.29, 1.82) is 0 Å². The Morgan fingerprint density at radius 2 is 1.95 bits per heavy atom. The molecule has 0 fully saturated rings. The molecule has 2 N–H and O–H groups in total. The van der Waals surface area contributed by atoms with Gasteiger partial charge in [0, 0.05) is 22.1 Å². The predicted octanol–water partition coefficient (Wildman–Crippen LogP) is 4.54. The maximum absolute atomic E-state index is 11.7. The molecular formula is C18H16ClNO2. The van der Waals surface area contributed by atoms with Crippen molar-refractivity contribution in [3.8, 4) is 0 Å². The second-order valence-electron chi connectivity index (χ2n) is 5.50. The summed E-state index contributed by atoms with van der Waals surface area (Å²) in [4.78, 5) is 14.9. The molecule has 1 unspecified atom stereocenters. The molecule has 0 radical (unpaired) electrons. The minimum absolute atomic E-state index is 0.442. The fourth-order valence-corrected chi connectivity index (χ4v) is 2.84. The summed E-state index contributed by atoms with van der Waals surface area (Å²) in [6.07, 6.45) is 2.38. The quantitative estimate of drug-likeness (QED) is 0.743. The second-order valence-corrected chi connectivity index (χ2v) is 5.93. The standard InChI is InChI=1S/C18H16ClNO2/c1-11-10-20-17-9-13(4-7-15(11)17)16(18(21)22)8-12-2-5-14(19)6-3-12/h2-7,9-10,16,20H,8H2,1H3,(H,21,22). The van der Waals surface area contributed by atoms with E-state index in [4.69, 9.17) is 11.6 Å². The van der Waals surface area contributed by atoms with Crippen molar-refractivity contribution in [1.82, 2.24) is 4.98 Å². The number of aryl methyl sites for hydroxylation is 1. The molecule has 22 heavy (non-hydrogen) atoms. The molecule has 0 spiro atoms. The molecule has 3 nitrogen and oxygen atoms in total. The van der Waals surface area contributed by atoms with E-state index >= 15 is 0 Å². The molecule has 3 aromatic rings. The molecule has 4 heteroatoms. The normalized spacial score (nSPS) is 12.5. The molecule has 0 amide bonds. The van der Waals surface area contributed by atoms with Crippen LogP contribution in [-0.2, 0) is 11.2 Å². The van der Waals surface area contributed by atoms with Crippen molar-refractivity contribution in [3.63, 3.8) is 0 Å². The van der Waals surface area contributed by atoms with Crippen molar-refractivity contribution in [3.05, 3.63) is 70.4 Å². The summed E-state index contributed by atoms with van der Waals surface area (Å²) >= 11 is 5.87. The van der Waals surface area contributed by atoms with Gasteiger partial charge in [0.2, 0.25) is 0 Å². The fourth-order valence-electron chi connectivity index (χ4n) is 2.71. The largest absolute Gasteiger partial charge is 0.481 e. The lowest BCUT2D eigenvalue weighted by Crippen LogP contribution is -2.14. The topological polar surface area (TPSA) is 53.1 Å². The van der Waals surface area contributed by atoms with Gasteiger partial charge in [-0.2, -0.15) is 0 Å². The lowest BCUT2D eigenvalue weighted by Gasteiger charge is -2.13. The first-order valence-electron chi connectivity index (χ1n) is 7.09. The van der Waals surface area contributed by atoms with Gasteiger partial charge in [-0.25, -0.2) is 0 Å². The minimum atomic E-state index is -0.822. The van der Waals surface area contributed by atoms with Gasteiger partial charge in [-0.05, 0) is 48.2 Å². The third-order valence-electron chi connectivity index (χ3n) is 3.97. The summed E-state index contributed by atoms with van der Waals surface area (Å²) in [5.41, 5.74) is 3.89. The highest BCUT2D eigenvalue weighted by atomic mass is 35.5. The molecule has 0 aliphatic rings. The van der Waals surface area contributed by atoms with E-state index in [1.807, 2.05) is 43.5 Å². The Morgan fingerprint density at radius 3 is 2.64 bits per heavy atom. The van der Waals surface area contributed by atoms with Crippen molar-refractivity contribution < 1.29 is 9.90 Å². The highest BCUT2D eigenvalue weighted by Crippen LogP contribution is 2.26. The van der Waals surface area contributed by atoms with E-state index in [-0.39, 0.29) is 0 Å². The molecule has 0 aliphatic carbocycles. The van der Waals surface area contributed by atoms with E-state index in [0.29, 0.717) is 11.4 Å². The maximum atomic E-state index is 11.7. The molecular weight excluding hydrogens is 298 g/mol. The Bertz CT molecular complexity index is 821.